The zero-order chi connectivity index (χ0) is 18.4. The van der Waals surface area contributed by atoms with Gasteiger partial charge in [-0.3, -0.25) is 4.90 Å². The van der Waals surface area contributed by atoms with Crippen LogP contribution in [0.5, 0.6) is 0 Å². The monoisotopic (exact) mass is 359 g/mol. The van der Waals surface area contributed by atoms with Gasteiger partial charge in [0.15, 0.2) is 5.96 Å². The number of rotatable bonds is 7. The standard InChI is InChI=1S/C19H29N5O2/c1-4-20-19(22-13-18-23-14(2)15(3)26-18)21-12-16(17-8-7-11-25-17)24-9-5-6-10-24/h7-8,11,16H,4-6,9-10,12-13H2,1-3H3,(H2,20,21,22). The third-order valence-electron chi connectivity index (χ3n) is 4.71. The summed E-state index contributed by atoms with van der Waals surface area (Å²) in [6.07, 6.45) is 4.23. The van der Waals surface area contributed by atoms with E-state index >= 15 is 0 Å². The molecule has 2 aromatic rings. The Balaban J connectivity index is 1.64. The van der Waals surface area contributed by atoms with E-state index in [1.165, 1.54) is 12.8 Å². The lowest BCUT2D eigenvalue weighted by Crippen LogP contribution is -2.42. The van der Waals surface area contributed by atoms with Crippen molar-refractivity contribution in [2.45, 2.75) is 46.2 Å². The van der Waals surface area contributed by atoms with Crippen molar-refractivity contribution >= 4 is 5.96 Å². The topological polar surface area (TPSA) is 78.8 Å². The molecule has 7 heteroatoms. The van der Waals surface area contributed by atoms with Gasteiger partial charge in [-0.05, 0) is 58.8 Å². The Morgan fingerprint density at radius 3 is 2.73 bits per heavy atom. The van der Waals surface area contributed by atoms with E-state index in [0.29, 0.717) is 12.4 Å². The Hall–Kier alpha value is -2.28. The van der Waals surface area contributed by atoms with Gasteiger partial charge >= 0.3 is 0 Å². The number of nitrogens with zero attached hydrogens (tertiary/aromatic N) is 3. The summed E-state index contributed by atoms with van der Waals surface area (Å²) in [6.45, 7) is 10.1. The van der Waals surface area contributed by atoms with Crippen LogP contribution >= 0.6 is 0 Å². The molecular weight excluding hydrogens is 330 g/mol. The van der Waals surface area contributed by atoms with Crippen molar-refractivity contribution in [3.63, 3.8) is 0 Å². The van der Waals surface area contributed by atoms with Crippen LogP contribution < -0.4 is 10.6 Å². The quantitative estimate of drug-likeness (QED) is 0.585. The Morgan fingerprint density at radius 2 is 2.12 bits per heavy atom. The first-order valence-corrected chi connectivity index (χ1v) is 9.40. The fraction of sp³-hybridized carbons (Fsp3) is 0.579. The van der Waals surface area contributed by atoms with Gasteiger partial charge in [-0.1, -0.05) is 0 Å². The highest BCUT2D eigenvalue weighted by molar-refractivity contribution is 5.79. The summed E-state index contributed by atoms with van der Waals surface area (Å²) < 4.78 is 11.3. The molecule has 3 rings (SSSR count). The smallest absolute Gasteiger partial charge is 0.216 e. The fourth-order valence-corrected chi connectivity index (χ4v) is 3.23. The zero-order valence-corrected chi connectivity index (χ0v) is 15.9. The van der Waals surface area contributed by atoms with Crippen LogP contribution in [0.25, 0.3) is 0 Å². The van der Waals surface area contributed by atoms with E-state index in [1.807, 2.05) is 26.0 Å². The van der Waals surface area contributed by atoms with Crippen LogP contribution in [0.4, 0.5) is 0 Å². The van der Waals surface area contributed by atoms with E-state index in [-0.39, 0.29) is 6.04 Å². The van der Waals surface area contributed by atoms with Gasteiger partial charge in [-0.25, -0.2) is 9.98 Å². The fourth-order valence-electron chi connectivity index (χ4n) is 3.23. The Kier molecular flexibility index (Phi) is 6.33. The molecular formula is C19H29N5O2. The molecule has 0 bridgehead atoms. The van der Waals surface area contributed by atoms with Gasteiger partial charge in [0.2, 0.25) is 5.89 Å². The number of hydrogen-bond acceptors (Lipinski definition) is 5. The minimum Gasteiger partial charge on any atom is -0.468 e. The number of furan rings is 1. The minimum absolute atomic E-state index is 0.211. The summed E-state index contributed by atoms with van der Waals surface area (Å²) in [4.78, 5) is 11.5. The summed E-state index contributed by atoms with van der Waals surface area (Å²) in [5.41, 5.74) is 0.917. The zero-order valence-electron chi connectivity index (χ0n) is 15.9. The van der Waals surface area contributed by atoms with E-state index in [0.717, 1.165) is 49.4 Å². The molecule has 1 saturated heterocycles. The van der Waals surface area contributed by atoms with Crippen molar-refractivity contribution in [2.75, 3.05) is 26.2 Å². The van der Waals surface area contributed by atoms with Crippen LogP contribution in [0.1, 0.15) is 48.9 Å². The van der Waals surface area contributed by atoms with Crippen molar-refractivity contribution in [3.8, 4) is 0 Å². The van der Waals surface area contributed by atoms with Crippen LogP contribution in [0.15, 0.2) is 32.2 Å². The average molecular weight is 359 g/mol. The molecule has 2 N–H and O–H groups in total. The molecule has 1 aliphatic heterocycles. The molecule has 0 aromatic carbocycles. The van der Waals surface area contributed by atoms with Crippen LogP contribution in [-0.2, 0) is 6.54 Å². The Labute approximate surface area is 154 Å². The number of likely N-dealkylation sites (tertiary alicyclic amines) is 1. The van der Waals surface area contributed by atoms with E-state index in [1.54, 1.807) is 6.26 Å². The molecule has 0 radical (unpaired) electrons. The molecule has 2 aromatic heterocycles. The molecule has 142 valence electrons. The maximum absolute atomic E-state index is 5.68. The summed E-state index contributed by atoms with van der Waals surface area (Å²) in [6, 6.07) is 4.21. The summed E-state index contributed by atoms with van der Waals surface area (Å²) in [5, 5.41) is 6.73. The number of hydrogen-bond donors (Lipinski definition) is 2. The number of aryl methyl sites for hydroxylation is 2. The van der Waals surface area contributed by atoms with Crippen molar-refractivity contribution < 1.29 is 8.83 Å². The lowest BCUT2D eigenvalue weighted by atomic mass is 10.2. The number of aliphatic imine (C=N–C) groups is 1. The second-order valence-electron chi connectivity index (χ2n) is 6.60. The molecule has 0 aliphatic carbocycles. The van der Waals surface area contributed by atoms with Gasteiger partial charge in [0, 0.05) is 13.1 Å². The molecule has 0 saturated carbocycles. The second kappa shape index (κ2) is 8.89. The first-order valence-electron chi connectivity index (χ1n) is 9.40. The third-order valence-corrected chi connectivity index (χ3v) is 4.71. The normalized spacial score (nSPS) is 16.8. The maximum atomic E-state index is 5.68. The van der Waals surface area contributed by atoms with E-state index in [9.17, 15) is 0 Å². The lowest BCUT2D eigenvalue weighted by molar-refractivity contribution is 0.215. The van der Waals surface area contributed by atoms with Gasteiger partial charge in [0.25, 0.3) is 0 Å². The highest BCUT2D eigenvalue weighted by Gasteiger charge is 2.25. The van der Waals surface area contributed by atoms with Crippen molar-refractivity contribution in [3.05, 3.63) is 41.5 Å². The Bertz CT molecular complexity index is 682. The number of nitrogens with one attached hydrogen (secondary N) is 2. The van der Waals surface area contributed by atoms with Gasteiger partial charge in [-0.15, -0.1) is 0 Å². The lowest BCUT2D eigenvalue weighted by Gasteiger charge is -2.26. The minimum atomic E-state index is 0.211. The van der Waals surface area contributed by atoms with E-state index in [2.05, 4.69) is 32.4 Å². The van der Waals surface area contributed by atoms with Gasteiger partial charge < -0.3 is 19.5 Å². The maximum Gasteiger partial charge on any atom is 0.216 e. The van der Waals surface area contributed by atoms with Gasteiger partial charge in [-0.2, -0.15) is 0 Å². The second-order valence-corrected chi connectivity index (χ2v) is 6.60. The molecule has 0 spiro atoms. The largest absolute Gasteiger partial charge is 0.468 e. The third kappa shape index (κ3) is 4.66. The van der Waals surface area contributed by atoms with Crippen LogP contribution in [0.2, 0.25) is 0 Å². The molecule has 3 heterocycles. The summed E-state index contributed by atoms with van der Waals surface area (Å²) in [7, 11) is 0. The molecule has 0 amide bonds. The van der Waals surface area contributed by atoms with Crippen LogP contribution in [0.3, 0.4) is 0 Å². The highest BCUT2D eigenvalue weighted by Crippen LogP contribution is 2.24. The van der Waals surface area contributed by atoms with E-state index < -0.39 is 0 Å². The molecule has 1 atom stereocenters. The highest BCUT2D eigenvalue weighted by atomic mass is 16.4. The first-order chi connectivity index (χ1) is 12.7. The number of aromatic nitrogens is 1. The van der Waals surface area contributed by atoms with Crippen LogP contribution in [-0.4, -0.2) is 42.0 Å². The van der Waals surface area contributed by atoms with Crippen molar-refractivity contribution in [1.82, 2.24) is 20.5 Å². The van der Waals surface area contributed by atoms with Crippen LogP contribution in [0, 0.1) is 13.8 Å². The average Bonchev–Trinajstić information content (AvgIpc) is 3.37. The Morgan fingerprint density at radius 1 is 1.31 bits per heavy atom. The van der Waals surface area contributed by atoms with Crippen molar-refractivity contribution in [1.29, 1.82) is 0 Å². The SMILES string of the molecule is CCNC(=NCc1nc(C)c(C)o1)NCC(c1ccco1)N1CCCC1. The molecule has 7 nitrogen and oxygen atoms in total. The summed E-state index contributed by atoms with van der Waals surface area (Å²) >= 11 is 0. The van der Waals surface area contributed by atoms with Gasteiger partial charge in [0.1, 0.15) is 18.1 Å². The number of oxazole rings is 1. The van der Waals surface area contributed by atoms with Gasteiger partial charge in [0.05, 0.1) is 18.0 Å². The molecule has 1 unspecified atom stereocenters. The number of guanidine groups is 1. The first kappa shape index (κ1) is 18.5. The molecule has 1 aliphatic rings. The molecule has 1 fully saturated rings. The summed E-state index contributed by atoms with van der Waals surface area (Å²) in [5.74, 6) is 3.24. The van der Waals surface area contributed by atoms with E-state index in [4.69, 9.17) is 8.83 Å². The van der Waals surface area contributed by atoms with Crippen molar-refractivity contribution in [2.24, 2.45) is 4.99 Å². The predicted octanol–water partition coefficient (Wildman–Crippen LogP) is 2.78. The molecule has 26 heavy (non-hydrogen) atoms. The predicted molar refractivity (Wildman–Crippen MR) is 101 cm³/mol.